The molecule has 1 aliphatic heterocycles. The third kappa shape index (κ3) is 4.00. The zero-order valence-corrected chi connectivity index (χ0v) is 18.0. The van der Waals surface area contributed by atoms with Crippen molar-refractivity contribution in [1.82, 2.24) is 10.0 Å². The first-order chi connectivity index (χ1) is 14.5. The number of hydrogen-bond acceptors (Lipinski definition) is 4. The van der Waals surface area contributed by atoms with Crippen molar-refractivity contribution in [1.29, 1.82) is 0 Å². The van der Waals surface area contributed by atoms with Gasteiger partial charge in [-0.05, 0) is 36.6 Å². The Bertz CT molecular complexity index is 998. The third-order valence-electron chi connectivity index (χ3n) is 5.68. The fraction of sp³-hybridized carbons (Fsp3) is 0.333. The van der Waals surface area contributed by atoms with Gasteiger partial charge in [0.2, 0.25) is 5.91 Å². The first kappa shape index (κ1) is 20.6. The Balaban J connectivity index is 1.57. The lowest BCUT2D eigenvalue weighted by molar-refractivity contribution is -0.143. The van der Waals surface area contributed by atoms with E-state index < -0.39 is 0 Å². The summed E-state index contributed by atoms with van der Waals surface area (Å²) >= 11 is 6.19. The summed E-state index contributed by atoms with van der Waals surface area (Å²) in [5, 5.41) is 4.12. The van der Waals surface area contributed by atoms with Crippen LogP contribution in [0.2, 0.25) is 5.02 Å². The molecule has 0 N–H and O–H groups in total. The van der Waals surface area contributed by atoms with Gasteiger partial charge in [-0.2, -0.15) is 0 Å². The minimum Gasteiger partial charge on any atom is -0.489 e. The summed E-state index contributed by atoms with van der Waals surface area (Å²) in [6.45, 7) is 0.381. The highest BCUT2D eigenvalue weighted by Gasteiger charge is 2.39. The van der Waals surface area contributed by atoms with Crippen LogP contribution in [0.4, 0.5) is 0 Å². The number of rotatable bonds is 5. The number of Topliss-reactive ketones (excluding diaryl/α,β-unsaturated/α-hetero) is 1. The quantitative estimate of drug-likeness (QED) is 0.696. The van der Waals surface area contributed by atoms with E-state index in [1.54, 1.807) is 10.0 Å². The van der Waals surface area contributed by atoms with Gasteiger partial charge >= 0.3 is 0 Å². The lowest BCUT2D eigenvalue weighted by Crippen LogP contribution is -2.47. The van der Waals surface area contributed by atoms with Crippen LogP contribution in [-0.2, 0) is 16.2 Å². The zero-order chi connectivity index (χ0) is 21.3. The van der Waals surface area contributed by atoms with E-state index in [0.717, 1.165) is 41.0 Å². The Labute approximate surface area is 181 Å². The van der Waals surface area contributed by atoms with Gasteiger partial charge in [-0.1, -0.05) is 41.9 Å². The van der Waals surface area contributed by atoms with Crippen molar-refractivity contribution in [2.45, 2.75) is 38.2 Å². The van der Waals surface area contributed by atoms with Crippen molar-refractivity contribution in [3.8, 4) is 5.75 Å². The van der Waals surface area contributed by atoms with Crippen LogP contribution in [0, 0.1) is 0 Å². The highest BCUT2D eigenvalue weighted by molar-refractivity contribution is 6.31. The third-order valence-corrected chi connectivity index (χ3v) is 6.05. The minimum absolute atomic E-state index is 0.0255. The maximum Gasteiger partial charge on any atom is 0.242 e. The van der Waals surface area contributed by atoms with Crippen molar-refractivity contribution >= 4 is 23.3 Å². The van der Waals surface area contributed by atoms with Gasteiger partial charge in [0.1, 0.15) is 12.4 Å². The molecule has 1 heterocycles. The fourth-order valence-corrected chi connectivity index (χ4v) is 4.49. The highest BCUT2D eigenvalue weighted by Crippen LogP contribution is 2.42. The van der Waals surface area contributed by atoms with Crippen LogP contribution >= 0.6 is 11.6 Å². The lowest BCUT2D eigenvalue weighted by Gasteiger charge is -2.41. The first-order valence-electron chi connectivity index (χ1n) is 10.2. The molecule has 4 rings (SSSR count). The van der Waals surface area contributed by atoms with E-state index in [-0.39, 0.29) is 17.6 Å². The monoisotopic (exact) mass is 424 g/mol. The molecule has 2 aromatic carbocycles. The van der Waals surface area contributed by atoms with Crippen LogP contribution in [0.15, 0.2) is 59.8 Å². The van der Waals surface area contributed by atoms with Gasteiger partial charge in [-0.3, -0.25) is 9.59 Å². The van der Waals surface area contributed by atoms with Crippen LogP contribution in [0.25, 0.3) is 0 Å². The Hall–Kier alpha value is -2.63. The van der Waals surface area contributed by atoms with Gasteiger partial charge < -0.3 is 4.74 Å². The highest BCUT2D eigenvalue weighted by atomic mass is 35.5. The molecule has 1 unspecified atom stereocenters. The summed E-state index contributed by atoms with van der Waals surface area (Å²) in [5.41, 5.74) is 3.54. The van der Waals surface area contributed by atoms with Gasteiger partial charge in [-0.25, -0.2) is 10.0 Å². The second-order valence-corrected chi connectivity index (χ2v) is 8.30. The van der Waals surface area contributed by atoms with Gasteiger partial charge in [0.05, 0.1) is 0 Å². The van der Waals surface area contributed by atoms with E-state index >= 15 is 0 Å². The van der Waals surface area contributed by atoms with Gasteiger partial charge in [0.15, 0.2) is 5.78 Å². The number of ketones is 1. The number of carbonyl (C=O) groups is 2. The first-order valence-corrected chi connectivity index (χ1v) is 10.6. The average molecular weight is 425 g/mol. The second kappa shape index (κ2) is 8.62. The standard InChI is InChI=1S/C24H25ClN2O3/c1-26(2)27-21-8-5-9-22(28)24(21)19(14-23(27)29)16-10-12-18(13-11-16)30-15-17-6-3-4-7-20(17)25/h3-4,6-7,10-13,19H,5,8-9,14-15H2,1-2H3. The number of allylic oxidation sites excluding steroid dienone is 2. The average Bonchev–Trinajstić information content (AvgIpc) is 2.73. The Morgan fingerprint density at radius 1 is 1.07 bits per heavy atom. The minimum atomic E-state index is -0.200. The molecule has 0 aromatic heterocycles. The van der Waals surface area contributed by atoms with Crippen LogP contribution in [-0.4, -0.2) is 35.8 Å². The van der Waals surface area contributed by atoms with E-state index in [1.165, 1.54) is 0 Å². The fourth-order valence-electron chi connectivity index (χ4n) is 4.30. The molecule has 30 heavy (non-hydrogen) atoms. The number of amides is 1. The summed E-state index contributed by atoms with van der Waals surface area (Å²) in [4.78, 5) is 25.6. The van der Waals surface area contributed by atoms with E-state index in [2.05, 4.69) is 0 Å². The van der Waals surface area contributed by atoms with Crippen LogP contribution in [0.1, 0.15) is 42.7 Å². The zero-order valence-electron chi connectivity index (χ0n) is 17.2. The van der Waals surface area contributed by atoms with E-state index in [1.807, 2.05) is 62.6 Å². The molecule has 5 nitrogen and oxygen atoms in total. The number of carbonyl (C=O) groups excluding carboxylic acids is 2. The topological polar surface area (TPSA) is 49.9 Å². The molecule has 1 aliphatic carbocycles. The molecule has 1 atom stereocenters. The molecule has 0 spiro atoms. The lowest BCUT2D eigenvalue weighted by atomic mass is 9.77. The van der Waals surface area contributed by atoms with Crippen molar-refractivity contribution < 1.29 is 14.3 Å². The van der Waals surface area contributed by atoms with Crippen LogP contribution in [0.5, 0.6) is 5.75 Å². The predicted octanol–water partition coefficient (Wildman–Crippen LogP) is 4.72. The maximum atomic E-state index is 12.8. The molecule has 0 bridgehead atoms. The van der Waals surface area contributed by atoms with Crippen molar-refractivity contribution in [2.75, 3.05) is 14.1 Å². The largest absolute Gasteiger partial charge is 0.489 e. The summed E-state index contributed by atoms with van der Waals surface area (Å²) in [7, 11) is 3.68. The Morgan fingerprint density at radius 2 is 1.80 bits per heavy atom. The molecular formula is C24H25ClN2O3. The molecule has 2 aliphatic rings. The number of halogens is 1. The summed E-state index contributed by atoms with van der Waals surface area (Å²) in [6, 6.07) is 15.3. The van der Waals surface area contributed by atoms with E-state index in [0.29, 0.717) is 24.5 Å². The smallest absolute Gasteiger partial charge is 0.242 e. The van der Waals surface area contributed by atoms with Gasteiger partial charge in [0, 0.05) is 54.7 Å². The van der Waals surface area contributed by atoms with E-state index in [4.69, 9.17) is 16.3 Å². The maximum absolute atomic E-state index is 12.8. The van der Waals surface area contributed by atoms with Crippen molar-refractivity contribution in [2.24, 2.45) is 0 Å². The number of ether oxygens (including phenoxy) is 1. The van der Waals surface area contributed by atoms with Gasteiger partial charge in [-0.15, -0.1) is 0 Å². The normalized spacial score (nSPS) is 19.3. The Morgan fingerprint density at radius 3 is 2.50 bits per heavy atom. The molecule has 0 fully saturated rings. The van der Waals surface area contributed by atoms with E-state index in [9.17, 15) is 9.59 Å². The molecule has 0 saturated carbocycles. The molecule has 1 amide bonds. The number of nitrogens with zero attached hydrogens (tertiary/aromatic N) is 2. The number of hydrazine groups is 1. The molecular weight excluding hydrogens is 400 g/mol. The van der Waals surface area contributed by atoms with Crippen molar-refractivity contribution in [3.05, 3.63) is 76.0 Å². The molecule has 0 radical (unpaired) electrons. The van der Waals surface area contributed by atoms with Crippen molar-refractivity contribution in [3.63, 3.8) is 0 Å². The number of hydrogen-bond donors (Lipinski definition) is 0. The van der Waals surface area contributed by atoms with Crippen LogP contribution in [0.3, 0.4) is 0 Å². The molecule has 6 heteroatoms. The molecule has 2 aromatic rings. The molecule has 156 valence electrons. The predicted molar refractivity (Wildman–Crippen MR) is 116 cm³/mol. The van der Waals surface area contributed by atoms with Gasteiger partial charge in [0.25, 0.3) is 0 Å². The SMILES string of the molecule is CN(C)N1C(=O)CC(c2ccc(OCc3ccccc3Cl)cc2)C2=C1CCCC2=O. The summed E-state index contributed by atoms with van der Waals surface area (Å²) in [6.07, 6.45) is 2.38. The Kier molecular flexibility index (Phi) is 5.93. The van der Waals surface area contributed by atoms with Crippen LogP contribution < -0.4 is 4.74 Å². The molecule has 0 saturated heterocycles. The summed E-state index contributed by atoms with van der Waals surface area (Å²) in [5.74, 6) is 0.700. The second-order valence-electron chi connectivity index (χ2n) is 7.90. The summed E-state index contributed by atoms with van der Waals surface area (Å²) < 4.78 is 5.87. The number of benzene rings is 2.